The summed E-state index contributed by atoms with van der Waals surface area (Å²) in [4.78, 5) is 14.5. The van der Waals surface area contributed by atoms with Gasteiger partial charge in [-0.05, 0) is 49.7 Å². The van der Waals surface area contributed by atoms with Crippen LogP contribution in [0, 0.1) is 0 Å². The summed E-state index contributed by atoms with van der Waals surface area (Å²) in [5.41, 5.74) is 1.50. The van der Waals surface area contributed by atoms with Crippen molar-refractivity contribution in [2.75, 3.05) is 13.1 Å². The van der Waals surface area contributed by atoms with Crippen molar-refractivity contribution in [3.63, 3.8) is 0 Å². The zero-order valence-corrected chi connectivity index (χ0v) is 11.7. The van der Waals surface area contributed by atoms with Gasteiger partial charge in [0.15, 0.2) is 0 Å². The van der Waals surface area contributed by atoms with Gasteiger partial charge in [-0.15, -0.1) is 11.3 Å². The Hall–Kier alpha value is -0.870. The Balaban J connectivity index is 1.73. The number of thiophene rings is 1. The number of hydrogen-bond donors (Lipinski definition) is 1. The lowest BCUT2D eigenvalue weighted by atomic mass is 10.0. The lowest BCUT2D eigenvalue weighted by Gasteiger charge is -2.33. The highest BCUT2D eigenvalue weighted by Gasteiger charge is 2.23. The maximum absolute atomic E-state index is 10.4. The monoisotopic (exact) mass is 267 g/mol. The lowest BCUT2D eigenvalue weighted by molar-refractivity contribution is -0.137. The predicted molar refractivity (Wildman–Crippen MR) is 74.1 cm³/mol. The summed E-state index contributed by atoms with van der Waals surface area (Å²) < 4.78 is 0. The van der Waals surface area contributed by atoms with E-state index in [0.29, 0.717) is 12.5 Å². The molecule has 0 bridgehead atoms. The van der Waals surface area contributed by atoms with E-state index in [1.807, 2.05) is 11.3 Å². The predicted octanol–water partition coefficient (Wildman–Crippen LogP) is 3.31. The number of carbonyl (C=O) groups is 1. The molecule has 1 atom stereocenters. The number of rotatable bonds is 6. The van der Waals surface area contributed by atoms with Crippen LogP contribution in [0.15, 0.2) is 11.4 Å². The first kappa shape index (κ1) is 13.6. The van der Waals surface area contributed by atoms with Gasteiger partial charge < -0.3 is 5.11 Å². The zero-order valence-electron chi connectivity index (χ0n) is 10.9. The van der Waals surface area contributed by atoms with Crippen molar-refractivity contribution < 1.29 is 9.90 Å². The van der Waals surface area contributed by atoms with Crippen LogP contribution in [0.3, 0.4) is 0 Å². The summed E-state index contributed by atoms with van der Waals surface area (Å²) in [5.74, 6) is -0.677. The van der Waals surface area contributed by atoms with Crippen molar-refractivity contribution in [1.82, 2.24) is 4.90 Å². The van der Waals surface area contributed by atoms with E-state index >= 15 is 0 Å². The van der Waals surface area contributed by atoms with E-state index in [1.165, 1.54) is 12.0 Å². The second kappa shape index (κ2) is 6.34. The van der Waals surface area contributed by atoms with Gasteiger partial charge in [0, 0.05) is 23.9 Å². The Morgan fingerprint density at radius 2 is 2.33 bits per heavy atom. The molecular weight excluding hydrogens is 246 g/mol. The van der Waals surface area contributed by atoms with E-state index in [1.54, 1.807) is 4.88 Å². The molecule has 18 heavy (non-hydrogen) atoms. The third kappa shape index (κ3) is 3.33. The van der Waals surface area contributed by atoms with E-state index in [-0.39, 0.29) is 0 Å². The Morgan fingerprint density at radius 3 is 3.11 bits per heavy atom. The third-order valence-electron chi connectivity index (χ3n) is 3.74. The highest BCUT2D eigenvalue weighted by molar-refractivity contribution is 7.10. The second-order valence-corrected chi connectivity index (χ2v) is 5.97. The van der Waals surface area contributed by atoms with Gasteiger partial charge in [-0.25, -0.2) is 0 Å². The standard InChI is InChI=1S/C14H21NO2S/c1-11-12-7-10-18-13(12)6-9-15(11)8-4-2-3-5-14(16)17/h7,10-11H,2-6,8-9H2,1H3,(H,16,17). The molecule has 0 radical (unpaired) electrons. The molecule has 0 amide bonds. The van der Waals surface area contributed by atoms with Gasteiger partial charge in [-0.2, -0.15) is 0 Å². The lowest BCUT2D eigenvalue weighted by Crippen LogP contribution is -2.33. The molecule has 1 unspecified atom stereocenters. The van der Waals surface area contributed by atoms with Crippen LogP contribution in [0.5, 0.6) is 0 Å². The summed E-state index contributed by atoms with van der Waals surface area (Å²) in [6.07, 6.45) is 4.42. The number of unbranched alkanes of at least 4 members (excludes halogenated alkanes) is 2. The van der Waals surface area contributed by atoms with Gasteiger partial charge >= 0.3 is 5.97 Å². The summed E-state index contributed by atoms with van der Waals surface area (Å²) >= 11 is 1.87. The maximum atomic E-state index is 10.4. The molecule has 0 fully saturated rings. The molecule has 1 aliphatic heterocycles. The largest absolute Gasteiger partial charge is 0.481 e. The molecule has 1 aliphatic rings. The molecule has 1 aromatic heterocycles. The highest BCUT2D eigenvalue weighted by Crippen LogP contribution is 2.32. The summed E-state index contributed by atoms with van der Waals surface area (Å²) in [6.45, 7) is 4.52. The van der Waals surface area contributed by atoms with Crippen LogP contribution in [0.1, 0.15) is 49.1 Å². The molecule has 100 valence electrons. The van der Waals surface area contributed by atoms with Crippen molar-refractivity contribution in [1.29, 1.82) is 0 Å². The molecule has 2 heterocycles. The van der Waals surface area contributed by atoms with Gasteiger partial charge in [0.25, 0.3) is 0 Å². The van der Waals surface area contributed by atoms with Crippen molar-refractivity contribution >= 4 is 17.3 Å². The van der Waals surface area contributed by atoms with Crippen molar-refractivity contribution in [3.05, 3.63) is 21.9 Å². The van der Waals surface area contributed by atoms with Gasteiger partial charge in [-0.1, -0.05) is 6.42 Å². The van der Waals surface area contributed by atoms with Crippen LogP contribution in [0.4, 0.5) is 0 Å². The van der Waals surface area contributed by atoms with Gasteiger partial charge in [0.2, 0.25) is 0 Å². The Kier molecular flexibility index (Phi) is 4.78. The first-order valence-electron chi connectivity index (χ1n) is 6.70. The second-order valence-electron chi connectivity index (χ2n) is 4.97. The number of carboxylic acid groups (broad SMARTS) is 1. The van der Waals surface area contributed by atoms with E-state index in [4.69, 9.17) is 5.11 Å². The van der Waals surface area contributed by atoms with E-state index in [0.717, 1.165) is 32.4 Å². The summed E-state index contributed by atoms with van der Waals surface area (Å²) in [7, 11) is 0. The molecule has 0 saturated carbocycles. The maximum Gasteiger partial charge on any atom is 0.303 e. The van der Waals surface area contributed by atoms with Crippen LogP contribution in [0.25, 0.3) is 0 Å². The molecule has 0 saturated heterocycles. The van der Waals surface area contributed by atoms with Crippen LogP contribution in [-0.4, -0.2) is 29.1 Å². The Bertz CT molecular complexity index is 402. The number of carboxylic acids is 1. The van der Waals surface area contributed by atoms with Crippen LogP contribution >= 0.6 is 11.3 Å². The van der Waals surface area contributed by atoms with Crippen molar-refractivity contribution in [2.45, 2.75) is 45.1 Å². The summed E-state index contributed by atoms with van der Waals surface area (Å²) in [5, 5.41) is 10.8. The highest BCUT2D eigenvalue weighted by atomic mass is 32.1. The first-order valence-corrected chi connectivity index (χ1v) is 7.58. The van der Waals surface area contributed by atoms with Crippen molar-refractivity contribution in [3.8, 4) is 0 Å². The Morgan fingerprint density at radius 1 is 1.50 bits per heavy atom. The number of aliphatic carboxylic acids is 1. The fourth-order valence-corrected chi connectivity index (χ4v) is 3.60. The fourth-order valence-electron chi connectivity index (χ4n) is 2.63. The zero-order chi connectivity index (χ0) is 13.0. The average Bonchev–Trinajstić information content (AvgIpc) is 2.80. The minimum Gasteiger partial charge on any atom is -0.481 e. The molecule has 4 heteroatoms. The third-order valence-corrected chi connectivity index (χ3v) is 4.74. The van der Waals surface area contributed by atoms with E-state index in [9.17, 15) is 4.79 Å². The fraction of sp³-hybridized carbons (Fsp3) is 0.643. The normalized spacial score (nSPS) is 19.7. The summed E-state index contributed by atoms with van der Waals surface area (Å²) in [6, 6.07) is 2.78. The molecule has 3 nitrogen and oxygen atoms in total. The van der Waals surface area contributed by atoms with Gasteiger partial charge in [0.05, 0.1) is 0 Å². The van der Waals surface area contributed by atoms with Gasteiger partial charge in [0.1, 0.15) is 0 Å². The van der Waals surface area contributed by atoms with E-state index < -0.39 is 5.97 Å². The smallest absolute Gasteiger partial charge is 0.303 e. The van der Waals surface area contributed by atoms with E-state index in [2.05, 4.69) is 23.3 Å². The van der Waals surface area contributed by atoms with Crippen LogP contribution in [0.2, 0.25) is 0 Å². The number of hydrogen-bond acceptors (Lipinski definition) is 3. The topological polar surface area (TPSA) is 40.5 Å². The molecule has 0 spiro atoms. The molecule has 2 rings (SSSR count). The molecular formula is C14H21NO2S. The molecule has 1 N–H and O–H groups in total. The minimum atomic E-state index is -0.677. The number of nitrogens with zero attached hydrogens (tertiary/aromatic N) is 1. The van der Waals surface area contributed by atoms with Gasteiger partial charge in [-0.3, -0.25) is 9.69 Å². The molecule has 1 aromatic rings. The van der Waals surface area contributed by atoms with Crippen molar-refractivity contribution in [2.24, 2.45) is 0 Å². The SMILES string of the molecule is CC1c2ccsc2CCN1CCCCCC(=O)O. The first-order chi connectivity index (χ1) is 8.68. The molecule has 0 aromatic carbocycles. The Labute approximate surface area is 112 Å². The van der Waals surface area contributed by atoms with Crippen LogP contribution < -0.4 is 0 Å². The minimum absolute atomic E-state index is 0.310. The molecule has 0 aliphatic carbocycles. The quantitative estimate of drug-likeness (QED) is 0.804. The average molecular weight is 267 g/mol. The number of fused-ring (bicyclic) bond motifs is 1. The van der Waals surface area contributed by atoms with Crippen LogP contribution in [-0.2, 0) is 11.2 Å².